The lowest BCUT2D eigenvalue weighted by Gasteiger charge is -2.37. The van der Waals surface area contributed by atoms with Gasteiger partial charge in [-0.2, -0.15) is 0 Å². The number of unbranched alkanes of at least 4 members (excludes halogenated alkanes) is 1. The summed E-state index contributed by atoms with van der Waals surface area (Å²) < 4.78 is 10.5. The molecule has 1 aromatic carbocycles. The van der Waals surface area contributed by atoms with Crippen molar-refractivity contribution in [3.8, 4) is 0 Å². The molecule has 0 bridgehead atoms. The summed E-state index contributed by atoms with van der Waals surface area (Å²) in [6.07, 6.45) is 2.06. The maximum atomic E-state index is 6.12. The quantitative estimate of drug-likeness (QED) is 0.220. The third-order valence-corrected chi connectivity index (χ3v) is 4.71. The highest BCUT2D eigenvalue weighted by atomic mass is 127. The number of methoxy groups -OCH3 is 1. The molecule has 1 aliphatic rings. The van der Waals surface area contributed by atoms with Crippen molar-refractivity contribution >= 4 is 47.2 Å². The van der Waals surface area contributed by atoms with E-state index in [-0.39, 0.29) is 24.0 Å². The summed E-state index contributed by atoms with van der Waals surface area (Å²) >= 11 is 6.12. The number of halogens is 2. The number of benzene rings is 1. The second-order valence-electron chi connectivity index (χ2n) is 6.50. The minimum atomic E-state index is 0. The maximum absolute atomic E-state index is 6.12. The van der Waals surface area contributed by atoms with E-state index in [4.69, 9.17) is 26.1 Å². The molecule has 0 radical (unpaired) electrons. The molecular formula is C20H34ClIN4O2. The topological polar surface area (TPSA) is 49.3 Å². The van der Waals surface area contributed by atoms with Crippen molar-refractivity contribution in [2.45, 2.75) is 19.8 Å². The van der Waals surface area contributed by atoms with Gasteiger partial charge in [0.1, 0.15) is 0 Å². The Hall–Kier alpha value is -0.770. The Balaban J connectivity index is 0.00000392. The van der Waals surface area contributed by atoms with Crippen LogP contribution in [-0.2, 0) is 9.47 Å². The lowest BCUT2D eigenvalue weighted by molar-refractivity contribution is 0.0690. The van der Waals surface area contributed by atoms with E-state index in [0.29, 0.717) is 13.2 Å². The maximum Gasteiger partial charge on any atom is 0.194 e. The minimum Gasteiger partial charge on any atom is -0.382 e. The molecule has 1 saturated heterocycles. The molecule has 0 amide bonds. The van der Waals surface area contributed by atoms with E-state index in [1.165, 1.54) is 5.69 Å². The Labute approximate surface area is 191 Å². The molecule has 0 spiro atoms. The van der Waals surface area contributed by atoms with E-state index in [0.717, 1.165) is 69.7 Å². The SMILES string of the molecule is CCNC(=NCCCCOCCOC)N1CCN(c2cccc(Cl)c2)CC1.I. The smallest absolute Gasteiger partial charge is 0.194 e. The van der Waals surface area contributed by atoms with Crippen molar-refractivity contribution in [2.75, 3.05) is 71.1 Å². The third-order valence-electron chi connectivity index (χ3n) is 4.48. The van der Waals surface area contributed by atoms with E-state index in [2.05, 4.69) is 28.1 Å². The number of nitrogens with one attached hydrogen (secondary N) is 1. The van der Waals surface area contributed by atoms with Gasteiger partial charge in [-0.05, 0) is 38.0 Å². The van der Waals surface area contributed by atoms with Gasteiger partial charge < -0.3 is 24.6 Å². The molecule has 1 aromatic rings. The Morgan fingerprint density at radius 3 is 2.61 bits per heavy atom. The lowest BCUT2D eigenvalue weighted by atomic mass is 10.2. The lowest BCUT2D eigenvalue weighted by Crippen LogP contribution is -2.52. The molecule has 8 heteroatoms. The molecule has 28 heavy (non-hydrogen) atoms. The van der Waals surface area contributed by atoms with Gasteiger partial charge in [0.2, 0.25) is 0 Å². The fraction of sp³-hybridized carbons (Fsp3) is 0.650. The molecule has 0 aliphatic carbocycles. The Kier molecular flexibility index (Phi) is 13.6. The van der Waals surface area contributed by atoms with Crippen LogP contribution in [0.25, 0.3) is 0 Å². The first-order valence-corrected chi connectivity index (χ1v) is 10.2. The van der Waals surface area contributed by atoms with Crippen molar-refractivity contribution in [2.24, 2.45) is 4.99 Å². The highest BCUT2D eigenvalue weighted by molar-refractivity contribution is 14.0. The first kappa shape index (κ1) is 25.3. The van der Waals surface area contributed by atoms with Gasteiger partial charge in [-0.25, -0.2) is 0 Å². The van der Waals surface area contributed by atoms with Crippen molar-refractivity contribution < 1.29 is 9.47 Å². The average molecular weight is 525 g/mol. The first-order chi connectivity index (χ1) is 13.2. The van der Waals surface area contributed by atoms with Gasteiger partial charge >= 0.3 is 0 Å². The second-order valence-corrected chi connectivity index (χ2v) is 6.94. The number of nitrogens with zero attached hydrogens (tertiary/aromatic N) is 3. The summed E-state index contributed by atoms with van der Waals surface area (Å²) in [6, 6.07) is 8.08. The van der Waals surface area contributed by atoms with Crippen LogP contribution in [0, 0.1) is 0 Å². The summed E-state index contributed by atoms with van der Waals surface area (Å²) in [5.74, 6) is 1.02. The van der Waals surface area contributed by atoms with Crippen LogP contribution in [-0.4, -0.2) is 77.1 Å². The van der Waals surface area contributed by atoms with Gasteiger partial charge in [0, 0.05) is 63.7 Å². The molecular weight excluding hydrogens is 491 g/mol. The molecule has 1 heterocycles. The van der Waals surface area contributed by atoms with Crippen LogP contribution in [0.3, 0.4) is 0 Å². The highest BCUT2D eigenvalue weighted by Crippen LogP contribution is 2.20. The van der Waals surface area contributed by atoms with Crippen LogP contribution in [0.5, 0.6) is 0 Å². The molecule has 0 atom stereocenters. The predicted molar refractivity (Wildman–Crippen MR) is 129 cm³/mol. The van der Waals surface area contributed by atoms with Gasteiger partial charge in [0.05, 0.1) is 13.2 Å². The molecule has 0 saturated carbocycles. The van der Waals surface area contributed by atoms with Gasteiger partial charge in [-0.15, -0.1) is 24.0 Å². The number of hydrogen-bond acceptors (Lipinski definition) is 4. The molecule has 0 aromatic heterocycles. The molecule has 160 valence electrons. The zero-order valence-electron chi connectivity index (χ0n) is 17.0. The molecule has 6 nitrogen and oxygen atoms in total. The summed E-state index contributed by atoms with van der Waals surface area (Å²) in [7, 11) is 1.69. The molecule has 0 unspecified atom stereocenters. The summed E-state index contributed by atoms with van der Waals surface area (Å²) in [5.41, 5.74) is 1.19. The molecule has 1 fully saturated rings. The number of hydrogen-bond donors (Lipinski definition) is 1. The number of piperazine rings is 1. The van der Waals surface area contributed by atoms with Crippen LogP contribution in [0.1, 0.15) is 19.8 Å². The summed E-state index contributed by atoms with van der Waals surface area (Å²) in [6.45, 7) is 9.77. The number of rotatable bonds is 10. The average Bonchev–Trinajstić information content (AvgIpc) is 2.69. The van der Waals surface area contributed by atoms with E-state index in [9.17, 15) is 0 Å². The molecule has 1 N–H and O–H groups in total. The highest BCUT2D eigenvalue weighted by Gasteiger charge is 2.19. The predicted octanol–water partition coefficient (Wildman–Crippen LogP) is 3.49. The Bertz CT molecular complexity index is 569. The van der Waals surface area contributed by atoms with E-state index in [1.54, 1.807) is 7.11 Å². The standard InChI is InChI=1S/C20H33ClN4O2.HI/c1-3-22-20(23-9-4-5-14-27-16-15-26-2)25-12-10-24(11-13-25)19-8-6-7-18(21)17-19;/h6-8,17H,3-5,9-16H2,1-2H3,(H,22,23);1H. The van der Waals surface area contributed by atoms with Crippen molar-refractivity contribution in [1.82, 2.24) is 10.2 Å². The van der Waals surface area contributed by atoms with Crippen molar-refractivity contribution in [3.05, 3.63) is 29.3 Å². The normalized spacial score (nSPS) is 14.8. The number of guanidine groups is 1. The Morgan fingerprint density at radius 2 is 1.93 bits per heavy atom. The number of anilines is 1. The van der Waals surface area contributed by atoms with Crippen molar-refractivity contribution in [1.29, 1.82) is 0 Å². The van der Waals surface area contributed by atoms with E-state index in [1.807, 2.05) is 18.2 Å². The Morgan fingerprint density at radius 1 is 1.14 bits per heavy atom. The summed E-state index contributed by atoms with van der Waals surface area (Å²) in [4.78, 5) is 9.52. The zero-order valence-corrected chi connectivity index (χ0v) is 20.1. The fourth-order valence-corrected chi connectivity index (χ4v) is 3.20. The third kappa shape index (κ3) is 9.15. The van der Waals surface area contributed by atoms with Gasteiger partial charge in [0.25, 0.3) is 0 Å². The van der Waals surface area contributed by atoms with Crippen LogP contribution in [0.15, 0.2) is 29.3 Å². The fourth-order valence-electron chi connectivity index (χ4n) is 3.02. The van der Waals surface area contributed by atoms with E-state index >= 15 is 0 Å². The van der Waals surface area contributed by atoms with E-state index < -0.39 is 0 Å². The van der Waals surface area contributed by atoms with Crippen LogP contribution in [0.2, 0.25) is 5.02 Å². The minimum absolute atomic E-state index is 0. The number of ether oxygens (including phenoxy) is 2. The largest absolute Gasteiger partial charge is 0.382 e. The second kappa shape index (κ2) is 15.1. The van der Waals surface area contributed by atoms with Gasteiger partial charge in [-0.1, -0.05) is 17.7 Å². The zero-order chi connectivity index (χ0) is 19.3. The molecule has 1 aliphatic heterocycles. The van der Waals surface area contributed by atoms with Crippen LogP contribution < -0.4 is 10.2 Å². The monoisotopic (exact) mass is 524 g/mol. The summed E-state index contributed by atoms with van der Waals surface area (Å²) in [5, 5.41) is 4.21. The van der Waals surface area contributed by atoms with Gasteiger partial charge in [-0.3, -0.25) is 4.99 Å². The van der Waals surface area contributed by atoms with Crippen molar-refractivity contribution in [3.63, 3.8) is 0 Å². The number of aliphatic imine (C=N–C) groups is 1. The van der Waals surface area contributed by atoms with Crippen LogP contribution >= 0.6 is 35.6 Å². The molecule has 2 rings (SSSR count). The van der Waals surface area contributed by atoms with Crippen LogP contribution in [0.4, 0.5) is 5.69 Å². The van der Waals surface area contributed by atoms with Gasteiger partial charge in [0.15, 0.2) is 5.96 Å². The first-order valence-electron chi connectivity index (χ1n) is 9.85.